The monoisotopic (exact) mass is 232 g/mol. The molecule has 1 aliphatic heterocycles. The van der Waals surface area contributed by atoms with Gasteiger partial charge in [0, 0.05) is 0 Å². The van der Waals surface area contributed by atoms with E-state index in [-0.39, 0.29) is 0 Å². The first-order chi connectivity index (χ1) is 6.59. The second-order valence-corrected chi connectivity index (χ2v) is 4.14. The van der Waals surface area contributed by atoms with Crippen LogP contribution in [0.25, 0.3) is 0 Å². The number of benzene rings is 1. The molecule has 0 spiro atoms. The zero-order valence-electron chi connectivity index (χ0n) is 6.94. The number of hydrogen-bond donors (Lipinski definition) is 0. The summed E-state index contributed by atoms with van der Waals surface area (Å²) in [5, 5.41) is 0. The van der Waals surface area contributed by atoms with Crippen LogP contribution < -0.4 is 0 Å². The van der Waals surface area contributed by atoms with Gasteiger partial charge in [-0.05, 0) is 5.56 Å². The molecular weight excluding hydrogens is 227 g/mol. The van der Waals surface area contributed by atoms with Crippen LogP contribution in [0.4, 0.5) is 4.79 Å². The van der Waals surface area contributed by atoms with Crippen molar-refractivity contribution in [2.75, 3.05) is 0 Å². The van der Waals surface area contributed by atoms with Crippen molar-refractivity contribution in [3.63, 3.8) is 0 Å². The lowest BCUT2D eigenvalue weighted by atomic mass is 10.1. The van der Waals surface area contributed by atoms with Crippen LogP contribution in [0.3, 0.4) is 0 Å². The highest BCUT2D eigenvalue weighted by molar-refractivity contribution is 6.48. The Morgan fingerprint density at radius 2 is 1.86 bits per heavy atom. The van der Waals surface area contributed by atoms with E-state index in [2.05, 4.69) is 4.74 Å². The van der Waals surface area contributed by atoms with Crippen molar-refractivity contribution in [1.29, 1.82) is 0 Å². The molecule has 0 radical (unpaired) electrons. The molecule has 1 saturated heterocycles. The molecule has 0 amide bonds. The summed E-state index contributed by atoms with van der Waals surface area (Å²) in [6.07, 6.45) is -1.64. The van der Waals surface area contributed by atoms with Gasteiger partial charge in [-0.2, -0.15) is 0 Å². The number of cyclic esters (lactones) is 2. The van der Waals surface area contributed by atoms with Crippen LogP contribution in [-0.2, 0) is 9.47 Å². The van der Waals surface area contributed by atoms with Gasteiger partial charge in [0.1, 0.15) is 0 Å². The van der Waals surface area contributed by atoms with Gasteiger partial charge >= 0.3 is 10.7 Å². The zero-order chi connectivity index (χ0) is 10.2. The van der Waals surface area contributed by atoms with Crippen LogP contribution in [0.2, 0.25) is 0 Å². The molecule has 1 aliphatic rings. The van der Waals surface area contributed by atoms with Crippen molar-refractivity contribution in [1.82, 2.24) is 0 Å². The lowest BCUT2D eigenvalue weighted by Gasteiger charge is -2.16. The molecule has 74 valence electrons. The van der Waals surface area contributed by atoms with E-state index < -0.39 is 16.8 Å². The third-order valence-corrected chi connectivity index (χ3v) is 2.39. The van der Waals surface area contributed by atoms with E-state index in [4.69, 9.17) is 27.9 Å². The molecule has 1 unspecified atom stereocenters. The molecule has 5 heteroatoms. The van der Waals surface area contributed by atoms with Crippen molar-refractivity contribution in [3.05, 3.63) is 35.9 Å². The first-order valence-electron chi connectivity index (χ1n) is 3.92. The average Bonchev–Trinajstić information content (AvgIpc) is 2.41. The minimum absolute atomic E-state index is 0.698. The number of halogens is 2. The molecule has 14 heavy (non-hydrogen) atoms. The van der Waals surface area contributed by atoms with Crippen molar-refractivity contribution < 1.29 is 14.3 Å². The molecular formula is C9H6Cl2O3. The van der Waals surface area contributed by atoms with E-state index in [0.717, 1.165) is 0 Å². The molecule has 1 fully saturated rings. The van der Waals surface area contributed by atoms with Gasteiger partial charge in [0.05, 0.1) is 0 Å². The summed E-state index contributed by atoms with van der Waals surface area (Å²) in [6.45, 7) is 0. The quantitative estimate of drug-likeness (QED) is 0.552. The lowest BCUT2D eigenvalue weighted by Crippen LogP contribution is -2.19. The van der Waals surface area contributed by atoms with E-state index >= 15 is 0 Å². The van der Waals surface area contributed by atoms with Gasteiger partial charge in [-0.1, -0.05) is 53.5 Å². The Kier molecular flexibility index (Phi) is 2.29. The normalized spacial score (nSPS) is 24.1. The maximum Gasteiger partial charge on any atom is 0.511 e. The Morgan fingerprint density at radius 3 is 2.36 bits per heavy atom. The predicted molar refractivity (Wildman–Crippen MR) is 51.2 cm³/mol. The summed E-state index contributed by atoms with van der Waals surface area (Å²) in [5.74, 6) is 0. The number of alkyl halides is 2. The predicted octanol–water partition coefficient (Wildman–Crippen LogP) is 3.03. The summed E-state index contributed by atoms with van der Waals surface area (Å²) >= 11 is 11.5. The van der Waals surface area contributed by atoms with Gasteiger partial charge in [-0.3, -0.25) is 0 Å². The summed E-state index contributed by atoms with van der Waals surface area (Å²) in [5.41, 5.74) is 0.698. The number of ether oxygens (including phenoxy) is 2. The van der Waals surface area contributed by atoms with Gasteiger partial charge in [-0.15, -0.1) is 0 Å². The molecule has 1 aromatic carbocycles. The lowest BCUT2D eigenvalue weighted by molar-refractivity contribution is 0.117. The molecule has 0 saturated carbocycles. The van der Waals surface area contributed by atoms with Crippen molar-refractivity contribution >= 4 is 29.4 Å². The summed E-state index contributed by atoms with van der Waals surface area (Å²) < 4.78 is 7.78. The van der Waals surface area contributed by atoms with E-state index in [0.29, 0.717) is 5.56 Å². The minimum atomic E-state index is -1.64. The third kappa shape index (κ3) is 1.65. The molecule has 1 heterocycles. The van der Waals surface area contributed by atoms with E-state index in [1.54, 1.807) is 24.3 Å². The SMILES string of the molecule is O=C1OC(c2ccccc2)C(Cl)(Cl)O1. The molecule has 3 nitrogen and oxygen atoms in total. The highest BCUT2D eigenvalue weighted by Gasteiger charge is 2.49. The molecule has 0 aliphatic carbocycles. The molecule has 0 aromatic heterocycles. The third-order valence-electron chi connectivity index (χ3n) is 1.84. The Hall–Kier alpha value is -0.930. The molecule has 2 rings (SSSR count). The van der Waals surface area contributed by atoms with Crippen molar-refractivity contribution in [2.24, 2.45) is 0 Å². The van der Waals surface area contributed by atoms with Crippen LogP contribution in [0.5, 0.6) is 0 Å². The number of hydrogen-bond acceptors (Lipinski definition) is 3. The highest BCUT2D eigenvalue weighted by atomic mass is 35.5. The summed E-state index contributed by atoms with van der Waals surface area (Å²) in [7, 11) is 0. The smallest absolute Gasteiger partial charge is 0.419 e. The topological polar surface area (TPSA) is 35.5 Å². The van der Waals surface area contributed by atoms with Crippen LogP contribution in [0.1, 0.15) is 11.7 Å². The minimum Gasteiger partial charge on any atom is -0.419 e. The van der Waals surface area contributed by atoms with Gasteiger partial charge in [0.15, 0.2) is 6.10 Å². The fourth-order valence-corrected chi connectivity index (χ4v) is 1.71. The standard InChI is InChI=1S/C9H6Cl2O3/c10-9(11)7(13-8(12)14-9)6-4-2-1-3-5-6/h1-5,7H. The van der Waals surface area contributed by atoms with Crippen LogP contribution in [0, 0.1) is 0 Å². The van der Waals surface area contributed by atoms with E-state index in [1.807, 2.05) is 6.07 Å². The average molecular weight is 233 g/mol. The molecule has 0 bridgehead atoms. The number of carbonyl (C=O) groups excluding carboxylic acids is 1. The van der Waals surface area contributed by atoms with Gasteiger partial charge < -0.3 is 9.47 Å². The first kappa shape index (κ1) is 9.62. The van der Waals surface area contributed by atoms with E-state index in [1.165, 1.54) is 0 Å². The largest absolute Gasteiger partial charge is 0.511 e. The Morgan fingerprint density at radius 1 is 1.21 bits per heavy atom. The van der Waals surface area contributed by atoms with Crippen molar-refractivity contribution in [2.45, 2.75) is 10.6 Å². The van der Waals surface area contributed by atoms with E-state index in [9.17, 15) is 4.79 Å². The molecule has 0 N–H and O–H groups in total. The fourth-order valence-electron chi connectivity index (χ4n) is 1.24. The van der Waals surface area contributed by atoms with Gasteiger partial charge in [-0.25, -0.2) is 4.79 Å². The summed E-state index contributed by atoms with van der Waals surface area (Å²) in [4.78, 5) is 10.8. The Labute approximate surface area is 90.5 Å². The zero-order valence-corrected chi connectivity index (χ0v) is 8.46. The number of rotatable bonds is 1. The van der Waals surface area contributed by atoms with Crippen LogP contribution in [0.15, 0.2) is 30.3 Å². The first-order valence-corrected chi connectivity index (χ1v) is 4.67. The maximum absolute atomic E-state index is 10.8. The van der Waals surface area contributed by atoms with Crippen LogP contribution in [-0.4, -0.2) is 10.7 Å². The van der Waals surface area contributed by atoms with Gasteiger partial charge in [0.25, 0.3) is 0 Å². The fraction of sp³-hybridized carbons (Fsp3) is 0.222. The second-order valence-electron chi connectivity index (χ2n) is 2.82. The molecule has 1 atom stereocenters. The maximum atomic E-state index is 10.8. The van der Waals surface area contributed by atoms with Crippen molar-refractivity contribution in [3.8, 4) is 0 Å². The number of carbonyl (C=O) groups is 1. The highest BCUT2D eigenvalue weighted by Crippen LogP contribution is 2.44. The second kappa shape index (κ2) is 3.33. The summed E-state index contributed by atoms with van der Waals surface area (Å²) in [6, 6.07) is 8.94. The Balaban J connectivity index is 2.32. The molecule has 1 aromatic rings. The van der Waals surface area contributed by atoms with Crippen LogP contribution >= 0.6 is 23.2 Å². The van der Waals surface area contributed by atoms with Gasteiger partial charge in [0.2, 0.25) is 0 Å². The Bertz CT molecular complexity index is 350.